The quantitative estimate of drug-likeness (QED) is 0.711. The Balaban J connectivity index is 2.24. The minimum atomic E-state index is 0.418. The minimum absolute atomic E-state index is 0.418. The number of aromatic nitrogens is 1. The molecule has 1 aromatic heterocycles. The van der Waals surface area contributed by atoms with Gasteiger partial charge in [0.25, 0.3) is 0 Å². The maximum Gasteiger partial charge on any atom is 0.133 e. The third-order valence-electron chi connectivity index (χ3n) is 3.13. The smallest absolute Gasteiger partial charge is 0.133 e. The van der Waals surface area contributed by atoms with Gasteiger partial charge in [-0.2, -0.15) is 0 Å². The monoisotopic (exact) mass is 209 g/mol. The number of hydrogen-bond acceptors (Lipinski definition) is 3. The van der Waals surface area contributed by atoms with E-state index < -0.39 is 0 Å². The van der Waals surface area contributed by atoms with E-state index in [4.69, 9.17) is 0 Å². The highest BCUT2D eigenvalue weighted by atomic mass is 32.1. The first-order valence-electron chi connectivity index (χ1n) is 5.10. The summed E-state index contributed by atoms with van der Waals surface area (Å²) in [6.45, 7) is 4.29. The van der Waals surface area contributed by atoms with Crippen molar-refractivity contribution < 1.29 is 4.79 Å². The van der Waals surface area contributed by atoms with Crippen LogP contribution in [-0.4, -0.2) is 10.8 Å². The zero-order chi connectivity index (χ0) is 10.1. The number of carbonyl (C=O) groups is 1. The number of aryl methyl sites for hydroxylation is 1. The van der Waals surface area contributed by atoms with Crippen LogP contribution in [-0.2, 0) is 4.79 Å². The Labute approximate surface area is 88.4 Å². The summed E-state index contributed by atoms with van der Waals surface area (Å²) in [5.41, 5.74) is 3.00. The molecule has 0 amide bonds. The average Bonchev–Trinajstić information content (AvgIpc) is 2.56. The minimum Gasteiger partial charge on any atom is -0.300 e. The molecule has 0 aromatic carbocycles. The summed E-state index contributed by atoms with van der Waals surface area (Å²) in [4.78, 5) is 17.0. The van der Waals surface area contributed by atoms with Crippen LogP contribution in [0.4, 0.5) is 0 Å². The van der Waals surface area contributed by atoms with Gasteiger partial charge in [-0.3, -0.25) is 4.79 Å². The SMILES string of the molecule is Cc1ncsc1C1CC(=O)CCC1C. The molecule has 1 aliphatic rings. The lowest BCUT2D eigenvalue weighted by Crippen LogP contribution is -2.21. The first-order chi connectivity index (χ1) is 6.68. The van der Waals surface area contributed by atoms with Gasteiger partial charge >= 0.3 is 0 Å². The summed E-state index contributed by atoms with van der Waals surface area (Å²) < 4.78 is 0. The molecule has 2 nitrogen and oxygen atoms in total. The molecular weight excluding hydrogens is 194 g/mol. The first kappa shape index (κ1) is 9.84. The van der Waals surface area contributed by atoms with Crippen LogP contribution in [0.5, 0.6) is 0 Å². The van der Waals surface area contributed by atoms with Gasteiger partial charge in [-0.25, -0.2) is 4.98 Å². The van der Waals surface area contributed by atoms with Crippen LogP contribution < -0.4 is 0 Å². The molecule has 0 radical (unpaired) electrons. The lowest BCUT2D eigenvalue weighted by molar-refractivity contribution is -0.121. The van der Waals surface area contributed by atoms with Crippen LogP contribution in [0.1, 0.15) is 42.7 Å². The topological polar surface area (TPSA) is 30.0 Å². The second kappa shape index (κ2) is 3.81. The molecule has 1 heterocycles. The zero-order valence-corrected chi connectivity index (χ0v) is 9.43. The van der Waals surface area contributed by atoms with Crippen molar-refractivity contribution in [3.05, 3.63) is 16.1 Å². The molecule has 1 saturated carbocycles. The maximum absolute atomic E-state index is 11.4. The van der Waals surface area contributed by atoms with Crippen molar-refractivity contribution in [1.82, 2.24) is 4.98 Å². The van der Waals surface area contributed by atoms with E-state index in [-0.39, 0.29) is 0 Å². The molecule has 0 spiro atoms. The van der Waals surface area contributed by atoms with E-state index in [0.29, 0.717) is 17.6 Å². The fraction of sp³-hybridized carbons (Fsp3) is 0.636. The Morgan fingerprint density at radius 3 is 3.00 bits per heavy atom. The second-order valence-corrected chi connectivity index (χ2v) is 5.05. The van der Waals surface area contributed by atoms with Gasteiger partial charge in [0, 0.05) is 23.6 Å². The van der Waals surface area contributed by atoms with E-state index in [9.17, 15) is 4.79 Å². The van der Waals surface area contributed by atoms with Crippen molar-refractivity contribution in [3.8, 4) is 0 Å². The number of nitrogens with zero attached hydrogens (tertiary/aromatic N) is 1. The molecule has 3 heteroatoms. The summed E-state index contributed by atoms with van der Waals surface area (Å²) in [5, 5.41) is 0. The summed E-state index contributed by atoms with van der Waals surface area (Å²) in [7, 11) is 0. The molecule has 0 bridgehead atoms. The molecule has 2 unspecified atom stereocenters. The average molecular weight is 209 g/mol. The van der Waals surface area contributed by atoms with Crippen LogP contribution in [0.25, 0.3) is 0 Å². The number of ketones is 1. The molecule has 0 saturated heterocycles. The Morgan fingerprint density at radius 2 is 2.36 bits per heavy atom. The molecule has 2 atom stereocenters. The third-order valence-corrected chi connectivity index (χ3v) is 4.20. The van der Waals surface area contributed by atoms with Gasteiger partial charge in [0.2, 0.25) is 0 Å². The van der Waals surface area contributed by atoms with Crippen LogP contribution in [0, 0.1) is 12.8 Å². The highest BCUT2D eigenvalue weighted by Gasteiger charge is 2.29. The molecule has 1 aliphatic carbocycles. The summed E-state index contributed by atoms with van der Waals surface area (Å²) in [6.07, 6.45) is 2.54. The van der Waals surface area contributed by atoms with Gasteiger partial charge in [-0.1, -0.05) is 6.92 Å². The van der Waals surface area contributed by atoms with Crippen LogP contribution >= 0.6 is 11.3 Å². The lowest BCUT2D eigenvalue weighted by atomic mass is 9.78. The Hall–Kier alpha value is -0.700. The Morgan fingerprint density at radius 1 is 1.57 bits per heavy atom. The number of thiazole rings is 1. The standard InChI is InChI=1S/C11H15NOS/c1-7-3-4-9(13)5-10(7)11-8(2)12-6-14-11/h6-7,10H,3-5H2,1-2H3. The van der Waals surface area contributed by atoms with Crippen molar-refractivity contribution in [1.29, 1.82) is 0 Å². The maximum atomic E-state index is 11.4. The Kier molecular flexibility index (Phi) is 2.68. The molecule has 0 N–H and O–H groups in total. The fourth-order valence-electron chi connectivity index (χ4n) is 2.16. The van der Waals surface area contributed by atoms with Gasteiger partial charge in [0.1, 0.15) is 5.78 Å². The van der Waals surface area contributed by atoms with E-state index in [2.05, 4.69) is 11.9 Å². The van der Waals surface area contributed by atoms with E-state index in [1.807, 2.05) is 12.4 Å². The van der Waals surface area contributed by atoms with E-state index in [1.54, 1.807) is 11.3 Å². The summed E-state index contributed by atoms with van der Waals surface area (Å²) in [5.74, 6) is 1.48. The number of hydrogen-bond donors (Lipinski definition) is 0. The number of Topliss-reactive ketones (excluding diaryl/α,β-unsaturated/α-hetero) is 1. The third kappa shape index (κ3) is 1.73. The van der Waals surface area contributed by atoms with Crippen molar-refractivity contribution in [2.75, 3.05) is 0 Å². The largest absolute Gasteiger partial charge is 0.300 e. The van der Waals surface area contributed by atoms with Crippen molar-refractivity contribution in [3.63, 3.8) is 0 Å². The lowest BCUT2D eigenvalue weighted by Gasteiger charge is -2.27. The molecule has 1 fully saturated rings. The number of rotatable bonds is 1. The first-order valence-corrected chi connectivity index (χ1v) is 5.98. The van der Waals surface area contributed by atoms with Crippen LogP contribution in [0.2, 0.25) is 0 Å². The van der Waals surface area contributed by atoms with Crippen molar-refractivity contribution >= 4 is 17.1 Å². The summed E-state index contributed by atoms with van der Waals surface area (Å²) in [6, 6.07) is 0. The normalized spacial score (nSPS) is 28.0. The second-order valence-electron chi connectivity index (χ2n) is 4.17. The van der Waals surface area contributed by atoms with Gasteiger partial charge in [-0.15, -0.1) is 11.3 Å². The highest BCUT2D eigenvalue weighted by molar-refractivity contribution is 7.09. The molecule has 2 rings (SSSR count). The van der Waals surface area contributed by atoms with Crippen LogP contribution in [0.3, 0.4) is 0 Å². The van der Waals surface area contributed by atoms with Gasteiger partial charge in [-0.05, 0) is 19.3 Å². The summed E-state index contributed by atoms with van der Waals surface area (Å²) >= 11 is 1.70. The highest BCUT2D eigenvalue weighted by Crippen LogP contribution is 2.38. The van der Waals surface area contributed by atoms with Crippen LogP contribution in [0.15, 0.2) is 5.51 Å². The fourth-order valence-corrected chi connectivity index (χ4v) is 3.19. The zero-order valence-electron chi connectivity index (χ0n) is 8.62. The van der Waals surface area contributed by atoms with Crippen molar-refractivity contribution in [2.45, 2.75) is 39.0 Å². The van der Waals surface area contributed by atoms with E-state index in [1.165, 1.54) is 4.88 Å². The molecule has 14 heavy (non-hydrogen) atoms. The van der Waals surface area contributed by atoms with Gasteiger partial charge in [0.05, 0.1) is 11.2 Å². The predicted molar refractivity (Wildman–Crippen MR) is 57.6 cm³/mol. The number of carbonyl (C=O) groups excluding carboxylic acids is 1. The Bertz CT molecular complexity index is 345. The van der Waals surface area contributed by atoms with Gasteiger partial charge in [0.15, 0.2) is 0 Å². The molecule has 1 aromatic rings. The predicted octanol–water partition coefficient (Wildman–Crippen LogP) is 2.92. The molecular formula is C11H15NOS. The van der Waals surface area contributed by atoms with E-state index in [0.717, 1.165) is 25.0 Å². The van der Waals surface area contributed by atoms with Crippen molar-refractivity contribution in [2.24, 2.45) is 5.92 Å². The molecule has 0 aliphatic heterocycles. The van der Waals surface area contributed by atoms with E-state index >= 15 is 0 Å². The molecule has 76 valence electrons. The van der Waals surface area contributed by atoms with Gasteiger partial charge < -0.3 is 0 Å².